The van der Waals surface area contributed by atoms with Crippen LogP contribution in [0, 0.1) is 0 Å². The number of carbonyl (C=O) groups is 1. The van der Waals surface area contributed by atoms with Gasteiger partial charge < -0.3 is 20.7 Å². The first kappa shape index (κ1) is 21.1. The van der Waals surface area contributed by atoms with Gasteiger partial charge in [0.1, 0.15) is 5.75 Å². The van der Waals surface area contributed by atoms with Crippen molar-refractivity contribution in [3.8, 4) is 5.75 Å². The fourth-order valence-electron chi connectivity index (χ4n) is 2.39. The standard InChI is InChI=1S/C19H25ClN4O2S/c1-21-19(23-10-4-9-22-18(25)17-5-3-12-27-17)24-11-8-14-6-7-15(26-2)13-16(14)20/h3,5-7,12-13H,4,8-11H2,1-2H3,(H,22,25)(H2,21,23,24). The molecule has 1 heterocycles. The average molecular weight is 409 g/mol. The minimum absolute atomic E-state index is 0.0242. The van der Waals surface area contributed by atoms with Gasteiger partial charge >= 0.3 is 0 Å². The summed E-state index contributed by atoms with van der Waals surface area (Å²) in [6.45, 7) is 2.04. The molecule has 3 N–H and O–H groups in total. The molecular formula is C19H25ClN4O2S. The van der Waals surface area contributed by atoms with E-state index < -0.39 is 0 Å². The number of nitrogens with one attached hydrogen (secondary N) is 3. The van der Waals surface area contributed by atoms with Crippen LogP contribution < -0.4 is 20.7 Å². The Bertz CT molecular complexity index is 750. The molecule has 2 rings (SSSR count). The van der Waals surface area contributed by atoms with E-state index in [9.17, 15) is 4.79 Å². The molecule has 27 heavy (non-hydrogen) atoms. The molecule has 146 valence electrons. The number of methoxy groups -OCH3 is 1. The van der Waals surface area contributed by atoms with Crippen molar-refractivity contribution in [1.82, 2.24) is 16.0 Å². The van der Waals surface area contributed by atoms with Crippen LogP contribution in [-0.2, 0) is 6.42 Å². The minimum atomic E-state index is -0.0242. The van der Waals surface area contributed by atoms with E-state index in [0.29, 0.717) is 24.7 Å². The topological polar surface area (TPSA) is 74.8 Å². The summed E-state index contributed by atoms with van der Waals surface area (Å²) in [5.74, 6) is 1.45. The number of amides is 1. The van der Waals surface area contributed by atoms with Crippen molar-refractivity contribution in [3.63, 3.8) is 0 Å². The molecule has 8 heteroatoms. The maximum atomic E-state index is 11.8. The van der Waals surface area contributed by atoms with E-state index in [1.54, 1.807) is 14.2 Å². The fourth-order valence-corrected chi connectivity index (χ4v) is 3.29. The number of guanidine groups is 1. The lowest BCUT2D eigenvalue weighted by Gasteiger charge is -2.13. The number of rotatable bonds is 9. The van der Waals surface area contributed by atoms with Crippen molar-refractivity contribution in [2.24, 2.45) is 4.99 Å². The SMILES string of the molecule is CN=C(NCCCNC(=O)c1cccs1)NCCc1ccc(OC)cc1Cl. The molecule has 6 nitrogen and oxygen atoms in total. The molecule has 2 aromatic rings. The van der Waals surface area contributed by atoms with Crippen LogP contribution in [0.15, 0.2) is 40.7 Å². The molecule has 1 aromatic heterocycles. The Morgan fingerprint density at radius 3 is 2.63 bits per heavy atom. The maximum Gasteiger partial charge on any atom is 0.261 e. The highest BCUT2D eigenvalue weighted by molar-refractivity contribution is 7.12. The first-order valence-corrected chi connectivity index (χ1v) is 9.98. The van der Waals surface area contributed by atoms with E-state index in [-0.39, 0.29) is 5.91 Å². The lowest BCUT2D eigenvalue weighted by atomic mass is 10.1. The smallest absolute Gasteiger partial charge is 0.261 e. The molecule has 0 spiro atoms. The zero-order valence-electron chi connectivity index (χ0n) is 15.5. The second-order valence-corrected chi connectivity index (χ2v) is 7.07. The van der Waals surface area contributed by atoms with Crippen molar-refractivity contribution in [1.29, 1.82) is 0 Å². The molecule has 1 aromatic carbocycles. The van der Waals surface area contributed by atoms with Crippen molar-refractivity contribution >= 4 is 34.8 Å². The van der Waals surface area contributed by atoms with E-state index in [1.807, 2.05) is 35.7 Å². The van der Waals surface area contributed by atoms with Crippen LogP contribution in [0.3, 0.4) is 0 Å². The third-order valence-corrected chi connectivity index (χ3v) is 5.07. The Kier molecular flexibility index (Phi) is 8.94. The molecule has 0 aliphatic heterocycles. The first-order chi connectivity index (χ1) is 13.1. The van der Waals surface area contributed by atoms with Crippen molar-refractivity contribution in [2.75, 3.05) is 33.8 Å². The molecule has 0 saturated carbocycles. The molecule has 0 saturated heterocycles. The third kappa shape index (κ3) is 7.11. The van der Waals surface area contributed by atoms with Gasteiger partial charge in [0, 0.05) is 31.7 Å². The molecule has 1 amide bonds. The molecule has 0 unspecified atom stereocenters. The van der Waals surface area contributed by atoms with Crippen molar-refractivity contribution in [2.45, 2.75) is 12.8 Å². The van der Waals surface area contributed by atoms with Crippen LogP contribution in [0.25, 0.3) is 0 Å². The van der Waals surface area contributed by atoms with Gasteiger partial charge in [0.15, 0.2) is 5.96 Å². The molecular weight excluding hydrogens is 384 g/mol. The van der Waals surface area contributed by atoms with Gasteiger partial charge in [-0.05, 0) is 42.0 Å². The number of benzene rings is 1. The van der Waals surface area contributed by atoms with E-state index in [4.69, 9.17) is 16.3 Å². The zero-order valence-corrected chi connectivity index (χ0v) is 17.1. The van der Waals surface area contributed by atoms with Gasteiger partial charge in [-0.1, -0.05) is 23.7 Å². The van der Waals surface area contributed by atoms with Gasteiger partial charge in [-0.2, -0.15) is 0 Å². The second-order valence-electron chi connectivity index (χ2n) is 5.72. The summed E-state index contributed by atoms with van der Waals surface area (Å²) < 4.78 is 5.16. The number of carbonyl (C=O) groups excluding carboxylic acids is 1. The van der Waals surface area contributed by atoms with E-state index in [2.05, 4.69) is 20.9 Å². The first-order valence-electron chi connectivity index (χ1n) is 8.72. The normalized spacial score (nSPS) is 11.1. The van der Waals surface area contributed by atoms with Gasteiger partial charge in [0.2, 0.25) is 0 Å². The molecule has 0 aliphatic carbocycles. The molecule has 0 fully saturated rings. The molecule has 0 atom stereocenters. The lowest BCUT2D eigenvalue weighted by molar-refractivity contribution is 0.0957. The lowest BCUT2D eigenvalue weighted by Crippen LogP contribution is -2.39. The highest BCUT2D eigenvalue weighted by Crippen LogP contribution is 2.22. The largest absolute Gasteiger partial charge is 0.497 e. The summed E-state index contributed by atoms with van der Waals surface area (Å²) in [6.07, 6.45) is 1.59. The van der Waals surface area contributed by atoms with Gasteiger partial charge in [-0.25, -0.2) is 0 Å². The van der Waals surface area contributed by atoms with E-state index in [1.165, 1.54) is 11.3 Å². The zero-order chi connectivity index (χ0) is 19.5. The molecule has 0 bridgehead atoms. The van der Waals surface area contributed by atoms with Gasteiger partial charge in [-0.15, -0.1) is 11.3 Å². The van der Waals surface area contributed by atoms with Gasteiger partial charge in [-0.3, -0.25) is 9.79 Å². The second kappa shape index (κ2) is 11.5. The number of nitrogens with zero attached hydrogens (tertiary/aromatic N) is 1. The van der Waals surface area contributed by atoms with E-state index >= 15 is 0 Å². The monoisotopic (exact) mass is 408 g/mol. The Labute approximate surface area is 169 Å². The summed E-state index contributed by atoms with van der Waals surface area (Å²) in [5.41, 5.74) is 1.05. The quantitative estimate of drug-likeness (QED) is 0.339. The number of halogens is 1. The number of thiophene rings is 1. The van der Waals surface area contributed by atoms with Crippen molar-refractivity contribution < 1.29 is 9.53 Å². The Morgan fingerprint density at radius 2 is 1.96 bits per heavy atom. The summed E-state index contributed by atoms with van der Waals surface area (Å²) in [7, 11) is 3.35. The number of aliphatic imine (C=N–C) groups is 1. The summed E-state index contributed by atoms with van der Waals surface area (Å²) in [4.78, 5) is 16.8. The Morgan fingerprint density at radius 1 is 1.19 bits per heavy atom. The van der Waals surface area contributed by atoms with Gasteiger partial charge in [0.05, 0.1) is 12.0 Å². The predicted octanol–water partition coefficient (Wildman–Crippen LogP) is 2.94. The number of hydrogen-bond acceptors (Lipinski definition) is 4. The van der Waals surface area contributed by atoms with Crippen LogP contribution in [0.1, 0.15) is 21.7 Å². The van der Waals surface area contributed by atoms with E-state index in [0.717, 1.165) is 35.0 Å². The minimum Gasteiger partial charge on any atom is -0.497 e. The van der Waals surface area contributed by atoms with Crippen LogP contribution >= 0.6 is 22.9 Å². The number of ether oxygens (including phenoxy) is 1. The Balaban J connectivity index is 1.62. The van der Waals surface area contributed by atoms with Gasteiger partial charge in [0.25, 0.3) is 5.91 Å². The predicted molar refractivity (Wildman–Crippen MR) is 112 cm³/mol. The molecule has 0 radical (unpaired) electrons. The average Bonchev–Trinajstić information content (AvgIpc) is 3.22. The highest BCUT2D eigenvalue weighted by atomic mass is 35.5. The maximum absolute atomic E-state index is 11.8. The molecule has 0 aliphatic rings. The third-order valence-electron chi connectivity index (χ3n) is 3.85. The highest BCUT2D eigenvalue weighted by Gasteiger charge is 2.05. The van der Waals surface area contributed by atoms with Crippen molar-refractivity contribution in [3.05, 3.63) is 51.2 Å². The summed E-state index contributed by atoms with van der Waals surface area (Å²) in [6, 6.07) is 9.37. The Hall–Kier alpha value is -2.25. The van der Waals surface area contributed by atoms with Crippen LogP contribution in [0.4, 0.5) is 0 Å². The summed E-state index contributed by atoms with van der Waals surface area (Å²) in [5, 5.41) is 12.0. The van der Waals surface area contributed by atoms with Crippen LogP contribution in [0.2, 0.25) is 5.02 Å². The van der Waals surface area contributed by atoms with Crippen LogP contribution in [0.5, 0.6) is 5.75 Å². The number of hydrogen-bond donors (Lipinski definition) is 3. The summed E-state index contributed by atoms with van der Waals surface area (Å²) >= 11 is 7.69. The van der Waals surface area contributed by atoms with Crippen LogP contribution in [-0.4, -0.2) is 45.7 Å². The fraction of sp³-hybridized carbons (Fsp3) is 0.368.